The minimum Gasteiger partial charge on any atom is -0.457 e. The van der Waals surface area contributed by atoms with Crippen molar-refractivity contribution in [2.45, 2.75) is 155 Å². The normalized spacial score (nSPS) is 14.2. The lowest BCUT2D eigenvalue weighted by Gasteiger charge is -2.24. The summed E-state index contributed by atoms with van der Waals surface area (Å²) in [5, 5.41) is 0. The van der Waals surface area contributed by atoms with Gasteiger partial charge in [-0.25, -0.2) is 4.57 Å². The van der Waals surface area contributed by atoms with E-state index in [9.17, 15) is 14.3 Å². The Balaban J connectivity index is 4.33. The highest BCUT2D eigenvalue weighted by Gasteiger charge is 2.26. The van der Waals surface area contributed by atoms with Crippen molar-refractivity contribution in [2.75, 3.05) is 54.1 Å². The second kappa shape index (κ2) is 29.6. The van der Waals surface area contributed by atoms with Gasteiger partial charge in [0.25, 0.3) is 0 Å². The Hall–Kier alpha value is -0.760. The van der Waals surface area contributed by atoms with E-state index in [1.165, 1.54) is 96.3 Å². The molecule has 0 aliphatic carbocycles. The molecule has 1 N–H and O–H groups in total. The van der Waals surface area contributed by atoms with Crippen LogP contribution in [0.25, 0.3) is 0 Å². The zero-order valence-corrected chi connectivity index (χ0v) is 30.3. The third-order valence-corrected chi connectivity index (χ3v) is 8.54. The minimum atomic E-state index is -4.26. The summed E-state index contributed by atoms with van der Waals surface area (Å²) in [7, 11) is 1.67. The molecular weight excluding hydrogens is 577 g/mol. The van der Waals surface area contributed by atoms with E-state index in [0.29, 0.717) is 24.1 Å². The lowest BCUT2D eigenvalue weighted by molar-refractivity contribution is -0.870. The highest BCUT2D eigenvalue weighted by Crippen LogP contribution is 2.43. The molecule has 0 amide bonds. The number of phosphoric acid groups is 1. The Morgan fingerprint density at radius 3 is 1.82 bits per heavy atom. The van der Waals surface area contributed by atoms with Crippen LogP contribution < -0.4 is 0 Å². The first-order chi connectivity index (χ1) is 21.1. The molecule has 2 unspecified atom stereocenters. The number of phosphoric ester groups is 1. The van der Waals surface area contributed by atoms with Crippen LogP contribution in [0.15, 0.2) is 12.2 Å². The summed E-state index contributed by atoms with van der Waals surface area (Å²) in [5.74, 6) is -0.318. The fourth-order valence-electron chi connectivity index (χ4n) is 4.73. The summed E-state index contributed by atoms with van der Waals surface area (Å²) in [5.41, 5.74) is 0. The van der Waals surface area contributed by atoms with Gasteiger partial charge >= 0.3 is 13.8 Å². The SMILES string of the molecule is CCC/C=C\CCCCCCCCOCC(COP(=O)(O)OCC[N+](C)(C)C)OC(=O)CCCCCCCCCCCCC. The second-order valence-electron chi connectivity index (χ2n) is 13.3. The molecule has 0 fully saturated rings. The molecule has 8 nitrogen and oxygen atoms in total. The highest BCUT2D eigenvalue weighted by molar-refractivity contribution is 7.47. The first-order valence-electron chi connectivity index (χ1n) is 17.9. The molecule has 0 saturated carbocycles. The van der Waals surface area contributed by atoms with Crippen molar-refractivity contribution >= 4 is 13.8 Å². The van der Waals surface area contributed by atoms with Crippen LogP contribution in [0.2, 0.25) is 0 Å². The van der Waals surface area contributed by atoms with Gasteiger partial charge in [0.1, 0.15) is 19.3 Å². The topological polar surface area (TPSA) is 91.3 Å². The predicted molar refractivity (Wildman–Crippen MR) is 183 cm³/mol. The van der Waals surface area contributed by atoms with Crippen molar-refractivity contribution in [2.24, 2.45) is 0 Å². The van der Waals surface area contributed by atoms with E-state index in [4.69, 9.17) is 18.5 Å². The summed E-state index contributed by atoms with van der Waals surface area (Å²) in [6.45, 7) is 5.55. The van der Waals surface area contributed by atoms with Crippen LogP contribution in [0.4, 0.5) is 0 Å². The van der Waals surface area contributed by atoms with Gasteiger partial charge in [-0.1, -0.05) is 122 Å². The predicted octanol–water partition coefficient (Wildman–Crippen LogP) is 9.54. The monoisotopic (exact) mass is 648 g/mol. The van der Waals surface area contributed by atoms with E-state index < -0.39 is 13.9 Å². The molecule has 44 heavy (non-hydrogen) atoms. The van der Waals surface area contributed by atoms with Crippen LogP contribution in [0.3, 0.4) is 0 Å². The second-order valence-corrected chi connectivity index (χ2v) is 14.7. The van der Waals surface area contributed by atoms with Crippen LogP contribution in [-0.2, 0) is 27.9 Å². The number of hydrogen-bond donors (Lipinski definition) is 1. The van der Waals surface area contributed by atoms with Gasteiger partial charge in [0.2, 0.25) is 0 Å². The molecule has 262 valence electrons. The standard InChI is InChI=1S/C35H70NO7P/c1-6-8-10-12-14-16-18-20-22-24-26-28-35(37)43-34(33-42-44(38,39)41-31-29-36(3,4)5)32-40-30-27-25-23-21-19-17-15-13-11-9-7-2/h11,13,34H,6-10,12,14-33H2,1-5H3/p+1/b13-11-. The van der Waals surface area contributed by atoms with Gasteiger partial charge in [0.15, 0.2) is 0 Å². The summed E-state index contributed by atoms with van der Waals surface area (Å²) in [6.07, 6.45) is 28.0. The molecule has 0 aromatic rings. The molecule has 9 heteroatoms. The number of rotatable bonds is 33. The Kier molecular flexibility index (Phi) is 29.1. The molecule has 0 heterocycles. The Bertz CT molecular complexity index is 726. The van der Waals surface area contributed by atoms with Gasteiger partial charge in [-0.15, -0.1) is 0 Å². The third kappa shape index (κ3) is 32.6. The molecule has 0 radical (unpaired) electrons. The Labute approximate surface area is 271 Å². The van der Waals surface area contributed by atoms with Crippen LogP contribution in [0.5, 0.6) is 0 Å². The highest BCUT2D eigenvalue weighted by atomic mass is 31.2. The van der Waals surface area contributed by atoms with Crippen LogP contribution in [-0.4, -0.2) is 75.6 Å². The van der Waals surface area contributed by atoms with Crippen LogP contribution >= 0.6 is 7.82 Å². The van der Waals surface area contributed by atoms with Gasteiger partial charge < -0.3 is 18.9 Å². The number of carbonyl (C=O) groups is 1. The van der Waals surface area contributed by atoms with E-state index in [0.717, 1.165) is 32.1 Å². The van der Waals surface area contributed by atoms with Gasteiger partial charge in [0.05, 0.1) is 34.4 Å². The number of esters is 1. The molecule has 0 rings (SSSR count). The number of ether oxygens (including phenoxy) is 2. The molecule has 0 spiro atoms. The fourth-order valence-corrected chi connectivity index (χ4v) is 5.47. The van der Waals surface area contributed by atoms with E-state index in [2.05, 4.69) is 26.0 Å². The fraction of sp³-hybridized carbons (Fsp3) is 0.914. The summed E-state index contributed by atoms with van der Waals surface area (Å²) >= 11 is 0. The van der Waals surface area contributed by atoms with Gasteiger partial charge in [-0.05, 0) is 32.1 Å². The number of carbonyl (C=O) groups excluding carboxylic acids is 1. The molecular formula is C35H71NO7P+. The maximum atomic E-state index is 12.6. The number of allylic oxidation sites excluding steroid dienone is 2. The summed E-state index contributed by atoms with van der Waals surface area (Å²) < 4.78 is 34.7. The molecule has 0 aliphatic rings. The Morgan fingerprint density at radius 2 is 1.23 bits per heavy atom. The van der Waals surface area contributed by atoms with Crippen molar-refractivity contribution in [3.8, 4) is 0 Å². The molecule has 0 aromatic heterocycles. The van der Waals surface area contributed by atoms with Crippen molar-refractivity contribution in [1.29, 1.82) is 0 Å². The molecule has 0 aliphatic heterocycles. The van der Waals surface area contributed by atoms with E-state index in [1.807, 2.05) is 21.1 Å². The van der Waals surface area contributed by atoms with E-state index in [1.54, 1.807) is 0 Å². The molecule has 0 saturated heterocycles. The van der Waals surface area contributed by atoms with E-state index in [-0.39, 0.29) is 25.8 Å². The smallest absolute Gasteiger partial charge is 0.457 e. The number of unbranched alkanes of at least 4 members (excludes halogenated alkanes) is 17. The van der Waals surface area contributed by atoms with Gasteiger partial charge in [-0.3, -0.25) is 13.8 Å². The molecule has 2 atom stereocenters. The number of quaternary nitrogens is 1. The van der Waals surface area contributed by atoms with Crippen molar-refractivity contribution in [3.63, 3.8) is 0 Å². The first kappa shape index (κ1) is 43.2. The van der Waals surface area contributed by atoms with Gasteiger partial charge in [-0.2, -0.15) is 0 Å². The number of nitrogens with zero attached hydrogens (tertiary/aromatic N) is 1. The van der Waals surface area contributed by atoms with Gasteiger partial charge in [0, 0.05) is 13.0 Å². The first-order valence-corrected chi connectivity index (χ1v) is 19.4. The lowest BCUT2D eigenvalue weighted by Crippen LogP contribution is -2.37. The van der Waals surface area contributed by atoms with Crippen LogP contribution in [0, 0.1) is 0 Å². The lowest BCUT2D eigenvalue weighted by atomic mass is 10.1. The maximum Gasteiger partial charge on any atom is 0.472 e. The summed E-state index contributed by atoms with van der Waals surface area (Å²) in [6, 6.07) is 0. The molecule has 0 aromatic carbocycles. The zero-order valence-electron chi connectivity index (χ0n) is 29.4. The number of hydrogen-bond acceptors (Lipinski definition) is 6. The maximum absolute atomic E-state index is 12.6. The minimum absolute atomic E-state index is 0.0899. The van der Waals surface area contributed by atoms with E-state index >= 15 is 0 Å². The van der Waals surface area contributed by atoms with Crippen molar-refractivity contribution < 1.29 is 37.3 Å². The van der Waals surface area contributed by atoms with Crippen molar-refractivity contribution in [3.05, 3.63) is 12.2 Å². The average molecular weight is 649 g/mol. The summed E-state index contributed by atoms with van der Waals surface area (Å²) in [4.78, 5) is 22.7. The van der Waals surface area contributed by atoms with Crippen LogP contribution in [0.1, 0.15) is 149 Å². The Morgan fingerprint density at radius 1 is 0.682 bits per heavy atom. The van der Waals surface area contributed by atoms with Crippen molar-refractivity contribution in [1.82, 2.24) is 0 Å². The number of likely N-dealkylation sites (N-methyl/N-ethyl adjacent to an activating group) is 1. The quantitative estimate of drug-likeness (QED) is 0.0249. The molecule has 0 bridgehead atoms. The largest absolute Gasteiger partial charge is 0.472 e. The zero-order chi connectivity index (χ0) is 32.8. The average Bonchev–Trinajstić information content (AvgIpc) is 2.96. The third-order valence-electron chi connectivity index (χ3n) is 7.56.